The minimum Gasteiger partial charge on any atom is -0.363 e. The first-order valence-electron chi connectivity index (χ1n) is 18.6. The van der Waals surface area contributed by atoms with Gasteiger partial charge in [0.2, 0.25) is 23.5 Å². The number of ketones is 1. The molecular weight excluding hydrogens is 636 g/mol. The van der Waals surface area contributed by atoms with Gasteiger partial charge < -0.3 is 31.5 Å². The van der Waals surface area contributed by atoms with E-state index in [9.17, 15) is 28.8 Å². The van der Waals surface area contributed by atoms with Gasteiger partial charge in [0.15, 0.2) is 0 Å². The molecule has 1 aliphatic rings. The molecule has 12 heteroatoms. The van der Waals surface area contributed by atoms with Gasteiger partial charge in [0.1, 0.15) is 18.1 Å². The van der Waals surface area contributed by atoms with Gasteiger partial charge in [-0.1, -0.05) is 109 Å². The second kappa shape index (κ2) is 22.6. The van der Waals surface area contributed by atoms with Gasteiger partial charge in [-0.2, -0.15) is 0 Å². The van der Waals surface area contributed by atoms with Crippen LogP contribution in [0.3, 0.4) is 0 Å². The maximum absolute atomic E-state index is 13.9. The molecule has 1 rings (SSSR count). The second-order valence-corrected chi connectivity index (χ2v) is 16.8. The normalized spacial score (nSPS) is 16.8. The highest BCUT2D eigenvalue weighted by Crippen LogP contribution is 2.27. The number of hydrogen-bond donors (Lipinski definition) is 4. The Kier molecular flexibility index (Phi) is 22.1. The molecule has 0 aromatic carbocycles. The van der Waals surface area contributed by atoms with Crippen molar-refractivity contribution in [3.05, 3.63) is 0 Å². The summed E-state index contributed by atoms with van der Waals surface area (Å²) in [6.45, 7) is 29.7. The zero-order chi connectivity index (χ0) is 39.7. The molecule has 6 amide bonds. The van der Waals surface area contributed by atoms with E-state index >= 15 is 0 Å². The van der Waals surface area contributed by atoms with Gasteiger partial charge in [-0.3, -0.25) is 24.0 Å². The molecule has 1 fully saturated rings. The van der Waals surface area contributed by atoms with E-state index in [0.29, 0.717) is 12.8 Å². The molecule has 5 N–H and O–H groups in total. The second-order valence-electron chi connectivity index (χ2n) is 16.8. The van der Waals surface area contributed by atoms with E-state index in [4.69, 9.17) is 5.73 Å². The van der Waals surface area contributed by atoms with Crippen LogP contribution in [-0.4, -0.2) is 89.0 Å². The molecule has 0 spiro atoms. The number of urea groups is 1. The monoisotopic (exact) mass is 711 g/mol. The van der Waals surface area contributed by atoms with Crippen molar-refractivity contribution >= 4 is 35.4 Å². The van der Waals surface area contributed by atoms with Crippen molar-refractivity contribution in [2.45, 2.75) is 173 Å². The van der Waals surface area contributed by atoms with Crippen molar-refractivity contribution < 1.29 is 28.8 Å². The summed E-state index contributed by atoms with van der Waals surface area (Å²) >= 11 is 0. The molecule has 0 aromatic rings. The van der Waals surface area contributed by atoms with E-state index in [-0.39, 0.29) is 30.8 Å². The zero-order valence-electron chi connectivity index (χ0n) is 34.4. The highest BCUT2D eigenvalue weighted by atomic mass is 16.2. The Balaban J connectivity index is 0. The number of nitrogens with one attached hydrogen (secondary N) is 3. The summed E-state index contributed by atoms with van der Waals surface area (Å²) in [5.41, 5.74) is 3.91. The van der Waals surface area contributed by atoms with Crippen LogP contribution < -0.4 is 21.7 Å². The lowest BCUT2D eigenvalue weighted by Gasteiger charge is -2.38. The van der Waals surface area contributed by atoms with Crippen LogP contribution in [0.5, 0.6) is 0 Å². The van der Waals surface area contributed by atoms with Crippen molar-refractivity contribution in [2.24, 2.45) is 28.4 Å². The summed E-state index contributed by atoms with van der Waals surface area (Å²) in [6, 6.07) is -4.58. The zero-order valence-corrected chi connectivity index (χ0v) is 34.4. The van der Waals surface area contributed by atoms with Crippen molar-refractivity contribution in [1.29, 1.82) is 0 Å². The maximum Gasteiger partial charge on any atom is 0.316 e. The fraction of sp³-hybridized carbons (Fsp3) is 0.842. The van der Waals surface area contributed by atoms with E-state index in [0.717, 1.165) is 18.8 Å². The summed E-state index contributed by atoms with van der Waals surface area (Å²) in [7, 11) is 1.68. The first kappa shape index (κ1) is 48.9. The van der Waals surface area contributed by atoms with Crippen LogP contribution in [0.1, 0.15) is 142 Å². The number of carbonyl (C=O) groups is 6. The first-order valence-corrected chi connectivity index (χ1v) is 18.6. The molecule has 0 saturated carbocycles. The van der Waals surface area contributed by atoms with Gasteiger partial charge in [-0.05, 0) is 55.8 Å². The predicted octanol–water partition coefficient (Wildman–Crippen LogP) is 5.42. The number of carbonyl (C=O) groups excluding carboxylic acids is 6. The quantitative estimate of drug-likeness (QED) is 0.186. The smallest absolute Gasteiger partial charge is 0.316 e. The van der Waals surface area contributed by atoms with Gasteiger partial charge in [0.05, 0.1) is 6.04 Å². The highest BCUT2D eigenvalue weighted by Gasteiger charge is 2.44. The van der Waals surface area contributed by atoms with Crippen molar-refractivity contribution in [3.63, 3.8) is 0 Å². The molecule has 0 aromatic heterocycles. The average Bonchev–Trinajstić information content (AvgIpc) is 3.46. The minimum atomic E-state index is -1.12. The molecule has 0 bridgehead atoms. The summed E-state index contributed by atoms with van der Waals surface area (Å²) in [5, 5.41) is 8.24. The Labute approximate surface area is 304 Å². The lowest BCUT2D eigenvalue weighted by atomic mass is 9.85. The molecule has 292 valence electrons. The highest BCUT2D eigenvalue weighted by molar-refractivity contribution is 6.37. The Bertz CT molecular complexity index is 1090. The van der Waals surface area contributed by atoms with Gasteiger partial charge in [-0.15, -0.1) is 0 Å². The van der Waals surface area contributed by atoms with Crippen LogP contribution in [0.15, 0.2) is 0 Å². The summed E-state index contributed by atoms with van der Waals surface area (Å²) in [5.74, 6) is -2.33. The Morgan fingerprint density at radius 3 is 1.68 bits per heavy atom. The summed E-state index contributed by atoms with van der Waals surface area (Å²) in [6.07, 6.45) is 4.11. The molecule has 1 aliphatic heterocycles. The number of primary amides is 1. The first-order chi connectivity index (χ1) is 22.8. The van der Waals surface area contributed by atoms with Crippen molar-refractivity contribution in [1.82, 2.24) is 25.8 Å². The molecule has 1 heterocycles. The van der Waals surface area contributed by atoms with Crippen molar-refractivity contribution in [2.75, 3.05) is 13.6 Å². The number of nitrogens with zero attached hydrogens (tertiary/aromatic N) is 2. The van der Waals surface area contributed by atoms with Crippen LogP contribution in [0.4, 0.5) is 4.79 Å². The summed E-state index contributed by atoms with van der Waals surface area (Å²) < 4.78 is 0. The topological polar surface area (TPSA) is 171 Å². The number of rotatable bonds is 13. The predicted molar refractivity (Wildman–Crippen MR) is 202 cm³/mol. The van der Waals surface area contributed by atoms with E-state index in [1.54, 1.807) is 32.7 Å². The van der Waals surface area contributed by atoms with E-state index < -0.39 is 64.5 Å². The third-order valence-electron chi connectivity index (χ3n) is 8.03. The fourth-order valence-corrected chi connectivity index (χ4v) is 5.21. The van der Waals surface area contributed by atoms with Gasteiger partial charge in [-0.25, -0.2) is 4.79 Å². The lowest BCUT2D eigenvalue weighted by Crippen LogP contribution is -2.62. The number of amides is 6. The van der Waals surface area contributed by atoms with E-state index in [1.165, 1.54) is 11.3 Å². The number of hydrogen-bond acceptors (Lipinski definition) is 6. The van der Waals surface area contributed by atoms with Gasteiger partial charge in [0, 0.05) is 19.6 Å². The number of likely N-dealkylation sites (N-methyl/N-ethyl adjacent to an activating group) is 1. The van der Waals surface area contributed by atoms with Crippen LogP contribution in [0.2, 0.25) is 0 Å². The molecule has 12 nitrogen and oxygen atoms in total. The maximum atomic E-state index is 13.9. The van der Waals surface area contributed by atoms with E-state index in [1.807, 2.05) is 48.5 Å². The molecule has 1 saturated heterocycles. The van der Waals surface area contributed by atoms with Gasteiger partial charge >= 0.3 is 6.03 Å². The number of nitrogens with two attached hydrogens (primary N) is 1. The molecule has 50 heavy (non-hydrogen) atoms. The third-order valence-corrected chi connectivity index (χ3v) is 8.03. The fourth-order valence-electron chi connectivity index (χ4n) is 5.21. The minimum absolute atomic E-state index is 0.0667. The van der Waals surface area contributed by atoms with Gasteiger partial charge in [0.25, 0.3) is 5.91 Å². The van der Waals surface area contributed by atoms with Crippen LogP contribution >= 0.6 is 0 Å². The Morgan fingerprint density at radius 2 is 1.28 bits per heavy atom. The van der Waals surface area contributed by atoms with Crippen LogP contribution in [0.25, 0.3) is 0 Å². The van der Waals surface area contributed by atoms with E-state index in [2.05, 4.69) is 50.6 Å². The average molecular weight is 711 g/mol. The Hall–Kier alpha value is -3.18. The van der Waals surface area contributed by atoms with Crippen molar-refractivity contribution in [3.8, 4) is 0 Å². The molecule has 5 unspecified atom stereocenters. The SMILES string of the molecule is CC(C)C.CCC.CCCC(C)CC(NC(=O)C1CCCN1C(=O)C(NC(=O)NC(C(=O)N(C)C(C)C)C(C)(C)C)C(C)(C)C)C(=O)C(N)=O. The molecule has 0 aliphatic carbocycles. The molecule has 0 radical (unpaired) electrons. The number of likely N-dealkylation sites (tertiary alicyclic amines) is 1. The van der Waals surface area contributed by atoms with Crippen LogP contribution in [-0.2, 0) is 24.0 Å². The lowest BCUT2D eigenvalue weighted by molar-refractivity contribution is -0.143. The molecule has 5 atom stereocenters. The standard InChI is InChI=1S/C31H56N6O6.C4H10.C3H8/c1-12-14-19(4)17-20(22(38)25(32)39)33-26(40)21-15-13-16-37(21)28(42)24(31(8,9)10)35-29(43)34-23(30(5,6)7)27(41)36(11)18(2)3;1-4(2)3;1-3-2/h18-21,23-24H,12-17H2,1-11H3,(H2,32,39)(H,33,40)(H2,34,35,43);4H,1-3H3;3H2,1-2H3. The largest absolute Gasteiger partial charge is 0.363 e. The third kappa shape index (κ3) is 17.7. The van der Waals surface area contributed by atoms with Crippen LogP contribution in [0, 0.1) is 22.7 Å². The Morgan fingerprint density at radius 1 is 0.820 bits per heavy atom. The molecular formula is C38H74N6O6. The number of Topliss-reactive ketones (excluding diaryl/α,β-unsaturated/α-hetero) is 1. The summed E-state index contributed by atoms with van der Waals surface area (Å²) in [4.78, 5) is 81.1.